The minimum absolute atomic E-state index is 0.172. The zero-order valence-electron chi connectivity index (χ0n) is 7.65. The lowest BCUT2D eigenvalue weighted by molar-refractivity contribution is -0.135. The molecule has 1 saturated heterocycles. The molecule has 0 saturated carbocycles. The maximum absolute atomic E-state index is 11.4. The molecule has 2 N–H and O–H groups in total. The fraction of sp³-hybridized carbons (Fsp3) is 0.375. The SMILES string of the molecule is Cn1nccc1C1CC(=O)NNC1=O. The summed E-state index contributed by atoms with van der Waals surface area (Å²) in [6.07, 6.45) is 1.78. The predicted molar refractivity (Wildman–Crippen MR) is 46.9 cm³/mol. The van der Waals surface area contributed by atoms with E-state index in [2.05, 4.69) is 16.0 Å². The quantitative estimate of drug-likeness (QED) is 0.605. The van der Waals surface area contributed by atoms with Gasteiger partial charge in [-0.05, 0) is 6.07 Å². The van der Waals surface area contributed by atoms with Gasteiger partial charge in [0.2, 0.25) is 11.8 Å². The molecule has 0 aliphatic carbocycles. The summed E-state index contributed by atoms with van der Waals surface area (Å²) in [4.78, 5) is 22.5. The van der Waals surface area contributed by atoms with E-state index in [1.54, 1.807) is 24.0 Å². The Morgan fingerprint density at radius 1 is 1.50 bits per heavy atom. The third-order valence-corrected chi connectivity index (χ3v) is 2.25. The van der Waals surface area contributed by atoms with Crippen LogP contribution in [-0.2, 0) is 16.6 Å². The molecule has 1 aromatic heterocycles. The number of hydrogen-bond acceptors (Lipinski definition) is 3. The van der Waals surface area contributed by atoms with Crippen molar-refractivity contribution in [3.05, 3.63) is 18.0 Å². The minimum Gasteiger partial charge on any atom is -0.273 e. The zero-order valence-corrected chi connectivity index (χ0v) is 7.65. The highest BCUT2D eigenvalue weighted by Gasteiger charge is 2.30. The van der Waals surface area contributed by atoms with E-state index in [9.17, 15) is 9.59 Å². The first-order valence-electron chi connectivity index (χ1n) is 4.25. The molecule has 6 nitrogen and oxygen atoms in total. The third kappa shape index (κ3) is 1.34. The molecular weight excluding hydrogens is 184 g/mol. The van der Waals surface area contributed by atoms with Crippen molar-refractivity contribution in [2.75, 3.05) is 0 Å². The van der Waals surface area contributed by atoms with Crippen molar-refractivity contribution in [3.63, 3.8) is 0 Å². The molecule has 14 heavy (non-hydrogen) atoms. The summed E-state index contributed by atoms with van der Waals surface area (Å²) < 4.78 is 1.60. The third-order valence-electron chi connectivity index (χ3n) is 2.25. The second-order valence-electron chi connectivity index (χ2n) is 3.17. The number of carbonyl (C=O) groups is 2. The smallest absolute Gasteiger partial charge is 0.248 e. The maximum Gasteiger partial charge on any atom is 0.248 e. The summed E-state index contributed by atoms with van der Waals surface area (Å²) in [7, 11) is 1.75. The molecule has 2 rings (SSSR count). The van der Waals surface area contributed by atoms with Crippen LogP contribution in [0.5, 0.6) is 0 Å². The lowest BCUT2D eigenvalue weighted by Crippen LogP contribution is -2.50. The number of nitrogens with zero attached hydrogens (tertiary/aromatic N) is 2. The van der Waals surface area contributed by atoms with E-state index in [0.717, 1.165) is 5.69 Å². The Kier molecular flexibility index (Phi) is 1.95. The summed E-state index contributed by atoms with van der Waals surface area (Å²) in [5.41, 5.74) is 5.34. The molecule has 0 spiro atoms. The van der Waals surface area contributed by atoms with Crippen molar-refractivity contribution in [3.8, 4) is 0 Å². The van der Waals surface area contributed by atoms with Gasteiger partial charge in [0.25, 0.3) is 0 Å². The van der Waals surface area contributed by atoms with Gasteiger partial charge in [0.15, 0.2) is 0 Å². The standard InChI is InChI=1S/C8H10N4O2/c1-12-6(2-3-9-12)5-4-7(13)10-11-8(5)14/h2-3,5H,4H2,1H3,(H,10,13)(H,11,14). The van der Waals surface area contributed by atoms with Crippen LogP contribution in [0.4, 0.5) is 0 Å². The highest BCUT2D eigenvalue weighted by molar-refractivity contribution is 5.94. The van der Waals surface area contributed by atoms with Crippen LogP contribution in [-0.4, -0.2) is 21.6 Å². The minimum atomic E-state index is -0.434. The van der Waals surface area contributed by atoms with Crippen LogP contribution < -0.4 is 10.9 Å². The van der Waals surface area contributed by atoms with Crippen molar-refractivity contribution in [1.82, 2.24) is 20.6 Å². The highest BCUT2D eigenvalue weighted by Crippen LogP contribution is 2.20. The summed E-state index contributed by atoms with van der Waals surface area (Å²) in [6.45, 7) is 0. The van der Waals surface area contributed by atoms with E-state index >= 15 is 0 Å². The van der Waals surface area contributed by atoms with E-state index in [1.807, 2.05) is 0 Å². The van der Waals surface area contributed by atoms with Gasteiger partial charge in [-0.25, -0.2) is 0 Å². The Bertz CT molecular complexity index is 384. The molecule has 1 unspecified atom stereocenters. The summed E-state index contributed by atoms with van der Waals surface area (Å²) in [5, 5.41) is 3.96. The lowest BCUT2D eigenvalue weighted by Gasteiger charge is -2.21. The van der Waals surface area contributed by atoms with Gasteiger partial charge in [-0.3, -0.25) is 25.1 Å². The van der Waals surface area contributed by atoms with Crippen molar-refractivity contribution in [1.29, 1.82) is 0 Å². The highest BCUT2D eigenvalue weighted by atomic mass is 16.2. The van der Waals surface area contributed by atoms with Crippen LogP contribution in [0.3, 0.4) is 0 Å². The molecule has 0 bridgehead atoms. The summed E-state index contributed by atoms with van der Waals surface area (Å²) in [6, 6.07) is 1.74. The van der Waals surface area contributed by atoms with E-state index in [-0.39, 0.29) is 18.2 Å². The van der Waals surface area contributed by atoms with E-state index < -0.39 is 5.92 Å². The Labute approximate surface area is 80.3 Å². The van der Waals surface area contributed by atoms with Crippen LogP contribution >= 0.6 is 0 Å². The summed E-state index contributed by atoms with van der Waals surface area (Å²) in [5.74, 6) is -0.819. The molecule has 1 aliphatic heterocycles. The van der Waals surface area contributed by atoms with Crippen LogP contribution in [0, 0.1) is 0 Å². The number of aromatic nitrogens is 2. The van der Waals surface area contributed by atoms with Crippen molar-refractivity contribution in [2.45, 2.75) is 12.3 Å². The fourth-order valence-corrected chi connectivity index (χ4v) is 1.51. The number of hydrazine groups is 1. The Balaban J connectivity index is 2.28. The van der Waals surface area contributed by atoms with Crippen molar-refractivity contribution < 1.29 is 9.59 Å². The van der Waals surface area contributed by atoms with Gasteiger partial charge in [-0.2, -0.15) is 5.10 Å². The number of carbonyl (C=O) groups excluding carboxylic acids is 2. The van der Waals surface area contributed by atoms with E-state index in [0.29, 0.717) is 0 Å². The van der Waals surface area contributed by atoms with Crippen molar-refractivity contribution >= 4 is 11.8 Å². The van der Waals surface area contributed by atoms with Gasteiger partial charge >= 0.3 is 0 Å². The first kappa shape index (κ1) is 8.74. The number of amides is 2. The average Bonchev–Trinajstić information content (AvgIpc) is 2.56. The number of nitrogens with one attached hydrogen (secondary N) is 2. The molecule has 0 radical (unpaired) electrons. The normalized spacial score (nSPS) is 21.6. The molecule has 1 aliphatic rings. The second kappa shape index (κ2) is 3.13. The van der Waals surface area contributed by atoms with E-state index in [1.165, 1.54) is 0 Å². The van der Waals surface area contributed by atoms with Crippen LogP contribution in [0.15, 0.2) is 12.3 Å². The first-order chi connectivity index (χ1) is 6.68. The lowest BCUT2D eigenvalue weighted by atomic mass is 9.99. The molecule has 1 aromatic rings. The average molecular weight is 194 g/mol. The van der Waals surface area contributed by atoms with Gasteiger partial charge in [-0.1, -0.05) is 0 Å². The molecule has 1 atom stereocenters. The van der Waals surface area contributed by atoms with Crippen LogP contribution in [0.1, 0.15) is 18.0 Å². The second-order valence-corrected chi connectivity index (χ2v) is 3.17. The van der Waals surface area contributed by atoms with Crippen LogP contribution in [0.2, 0.25) is 0 Å². The molecule has 1 fully saturated rings. The fourth-order valence-electron chi connectivity index (χ4n) is 1.51. The first-order valence-corrected chi connectivity index (χ1v) is 4.25. The van der Waals surface area contributed by atoms with E-state index in [4.69, 9.17) is 0 Å². The Morgan fingerprint density at radius 2 is 2.29 bits per heavy atom. The predicted octanol–water partition coefficient (Wildman–Crippen LogP) is -0.945. The molecule has 0 aromatic carbocycles. The topological polar surface area (TPSA) is 76.0 Å². The largest absolute Gasteiger partial charge is 0.273 e. The van der Waals surface area contributed by atoms with Crippen molar-refractivity contribution in [2.24, 2.45) is 7.05 Å². The molecular formula is C8H10N4O2. The van der Waals surface area contributed by atoms with Gasteiger partial charge in [0.05, 0.1) is 11.6 Å². The monoisotopic (exact) mass is 194 g/mol. The Morgan fingerprint density at radius 3 is 2.93 bits per heavy atom. The summed E-state index contributed by atoms with van der Waals surface area (Å²) >= 11 is 0. The van der Waals surface area contributed by atoms with Gasteiger partial charge in [-0.15, -0.1) is 0 Å². The molecule has 2 amide bonds. The van der Waals surface area contributed by atoms with Crippen LogP contribution in [0.25, 0.3) is 0 Å². The molecule has 74 valence electrons. The van der Waals surface area contributed by atoms with Gasteiger partial charge < -0.3 is 0 Å². The number of aryl methyl sites for hydroxylation is 1. The zero-order chi connectivity index (χ0) is 10.1. The molecule has 2 heterocycles. The maximum atomic E-state index is 11.4. The molecule has 6 heteroatoms. The van der Waals surface area contributed by atoms with Gasteiger partial charge in [0, 0.05) is 19.7 Å². The van der Waals surface area contributed by atoms with Gasteiger partial charge in [0.1, 0.15) is 0 Å². The number of hydrogen-bond donors (Lipinski definition) is 2. The number of rotatable bonds is 1. The Hall–Kier alpha value is -1.85.